The number of nitrogens with one attached hydrogen (secondary N) is 1. The highest BCUT2D eigenvalue weighted by Gasteiger charge is 2.05. The van der Waals surface area contributed by atoms with Crippen molar-refractivity contribution in [2.24, 2.45) is 0 Å². The zero-order chi connectivity index (χ0) is 11.5. The maximum absolute atomic E-state index is 9.36. The molecule has 0 bridgehead atoms. The van der Waals surface area contributed by atoms with Crippen molar-refractivity contribution in [3.63, 3.8) is 0 Å². The Kier molecular flexibility index (Phi) is 3.06. The second kappa shape index (κ2) is 4.49. The molecule has 2 nitrogen and oxygen atoms in total. The molecule has 0 aliphatic heterocycles. The summed E-state index contributed by atoms with van der Waals surface area (Å²) in [5, 5.41) is 17.4. The van der Waals surface area contributed by atoms with Crippen LogP contribution in [0.4, 0.5) is 0 Å². The number of hydrogen-bond acceptors (Lipinski definition) is 2. The first-order valence-electron chi connectivity index (χ1n) is 4.81. The van der Waals surface area contributed by atoms with E-state index in [0.717, 1.165) is 10.0 Å². The highest BCUT2D eigenvalue weighted by molar-refractivity contribution is 9.10. The molecule has 0 saturated carbocycles. The Morgan fingerprint density at radius 1 is 1.00 bits per heavy atom. The molecule has 2 aromatic rings. The second-order valence-corrected chi connectivity index (χ2v) is 4.35. The van der Waals surface area contributed by atoms with Gasteiger partial charge in [0.05, 0.1) is 5.71 Å². The van der Waals surface area contributed by atoms with Gasteiger partial charge in [0.1, 0.15) is 5.75 Å². The van der Waals surface area contributed by atoms with Crippen LogP contribution in [0.2, 0.25) is 0 Å². The van der Waals surface area contributed by atoms with E-state index in [0.29, 0.717) is 11.3 Å². The van der Waals surface area contributed by atoms with Crippen molar-refractivity contribution in [3.05, 3.63) is 64.1 Å². The van der Waals surface area contributed by atoms with Crippen LogP contribution in [-0.2, 0) is 0 Å². The molecule has 2 N–H and O–H groups in total. The van der Waals surface area contributed by atoms with E-state index in [9.17, 15) is 5.11 Å². The Balaban J connectivity index is 2.39. The number of hydrogen-bond donors (Lipinski definition) is 2. The molecule has 0 unspecified atom stereocenters. The summed E-state index contributed by atoms with van der Waals surface area (Å²) < 4.78 is 0.940. The minimum atomic E-state index is 0.178. The first-order chi connectivity index (χ1) is 7.66. The maximum atomic E-state index is 9.36. The van der Waals surface area contributed by atoms with Gasteiger partial charge in [-0.2, -0.15) is 0 Å². The minimum absolute atomic E-state index is 0.178. The van der Waals surface area contributed by atoms with E-state index in [2.05, 4.69) is 15.9 Å². The predicted octanol–water partition coefficient (Wildman–Crippen LogP) is 3.57. The molecule has 0 spiro atoms. The van der Waals surface area contributed by atoms with Crippen LogP contribution in [-0.4, -0.2) is 10.8 Å². The predicted molar refractivity (Wildman–Crippen MR) is 68.2 cm³/mol. The van der Waals surface area contributed by atoms with E-state index in [1.54, 1.807) is 18.2 Å². The van der Waals surface area contributed by atoms with Crippen LogP contribution in [0, 0.1) is 5.41 Å². The van der Waals surface area contributed by atoms with Crippen molar-refractivity contribution in [2.45, 2.75) is 0 Å². The molecular weight excluding hydrogens is 266 g/mol. The zero-order valence-electron chi connectivity index (χ0n) is 8.44. The van der Waals surface area contributed by atoms with Gasteiger partial charge in [-0.05, 0) is 24.3 Å². The topological polar surface area (TPSA) is 44.1 Å². The Hall–Kier alpha value is -1.61. The number of phenols is 1. The average molecular weight is 276 g/mol. The lowest BCUT2D eigenvalue weighted by Crippen LogP contribution is -2.00. The molecule has 16 heavy (non-hydrogen) atoms. The summed E-state index contributed by atoms with van der Waals surface area (Å²) in [5.74, 6) is 0.178. The van der Waals surface area contributed by atoms with Gasteiger partial charge in [0, 0.05) is 15.6 Å². The molecule has 0 aliphatic rings. The van der Waals surface area contributed by atoms with Gasteiger partial charge in [0.2, 0.25) is 0 Å². The molecule has 2 rings (SSSR count). The molecule has 0 fully saturated rings. The number of halogens is 1. The van der Waals surface area contributed by atoms with Gasteiger partial charge >= 0.3 is 0 Å². The molecule has 0 heterocycles. The fourth-order valence-electron chi connectivity index (χ4n) is 1.47. The van der Waals surface area contributed by atoms with Crippen LogP contribution in [0.15, 0.2) is 53.0 Å². The number of aromatic hydroxyl groups is 1. The summed E-state index contributed by atoms with van der Waals surface area (Å²) in [6.07, 6.45) is 0. The van der Waals surface area contributed by atoms with Crippen LogP contribution in [0.5, 0.6) is 5.75 Å². The van der Waals surface area contributed by atoms with E-state index < -0.39 is 0 Å². The van der Waals surface area contributed by atoms with Gasteiger partial charge in [0.25, 0.3) is 0 Å². The second-order valence-electron chi connectivity index (χ2n) is 3.44. The van der Waals surface area contributed by atoms with Gasteiger partial charge in [0.15, 0.2) is 0 Å². The molecule has 0 radical (unpaired) electrons. The molecular formula is C13H10BrNO. The summed E-state index contributed by atoms with van der Waals surface area (Å²) in [4.78, 5) is 0. The smallest absolute Gasteiger partial charge is 0.116 e. The first kappa shape index (κ1) is 10.9. The van der Waals surface area contributed by atoms with Gasteiger partial charge in [-0.1, -0.05) is 40.2 Å². The van der Waals surface area contributed by atoms with Crippen molar-refractivity contribution in [1.82, 2.24) is 0 Å². The van der Waals surface area contributed by atoms with Crippen LogP contribution < -0.4 is 0 Å². The fourth-order valence-corrected chi connectivity index (χ4v) is 1.87. The van der Waals surface area contributed by atoms with E-state index in [1.165, 1.54) is 0 Å². The van der Waals surface area contributed by atoms with E-state index in [1.807, 2.05) is 30.3 Å². The SMILES string of the molecule is N=C(c1cccc(O)c1)c1cccc(Br)c1. The average Bonchev–Trinajstić information content (AvgIpc) is 2.28. The normalized spacial score (nSPS) is 10.1. The summed E-state index contributed by atoms with van der Waals surface area (Å²) in [6.45, 7) is 0. The Morgan fingerprint density at radius 3 is 2.25 bits per heavy atom. The number of rotatable bonds is 2. The molecule has 0 saturated heterocycles. The number of phenolic OH excluding ortho intramolecular Hbond substituents is 1. The third kappa shape index (κ3) is 2.31. The van der Waals surface area contributed by atoms with Gasteiger partial charge in [-0.25, -0.2) is 0 Å². The Bertz CT molecular complexity index is 489. The fraction of sp³-hybridized carbons (Fsp3) is 0. The lowest BCUT2D eigenvalue weighted by atomic mass is 10.0. The third-order valence-corrected chi connectivity index (χ3v) is 2.74. The minimum Gasteiger partial charge on any atom is -0.508 e. The van der Waals surface area contributed by atoms with Crippen molar-refractivity contribution in [1.29, 1.82) is 5.41 Å². The Labute approximate surface area is 102 Å². The third-order valence-electron chi connectivity index (χ3n) is 2.25. The van der Waals surface area contributed by atoms with Crippen LogP contribution in [0.25, 0.3) is 0 Å². The lowest BCUT2D eigenvalue weighted by Gasteiger charge is -2.05. The van der Waals surface area contributed by atoms with Crippen molar-refractivity contribution >= 4 is 21.6 Å². The Morgan fingerprint density at radius 2 is 1.62 bits per heavy atom. The van der Waals surface area contributed by atoms with Crippen LogP contribution in [0.3, 0.4) is 0 Å². The molecule has 0 aliphatic carbocycles. The quantitative estimate of drug-likeness (QED) is 0.809. The molecule has 3 heteroatoms. The van der Waals surface area contributed by atoms with Crippen LogP contribution >= 0.6 is 15.9 Å². The molecule has 0 atom stereocenters. The molecule has 0 amide bonds. The van der Waals surface area contributed by atoms with E-state index in [-0.39, 0.29) is 5.75 Å². The first-order valence-corrected chi connectivity index (χ1v) is 5.60. The van der Waals surface area contributed by atoms with Crippen molar-refractivity contribution < 1.29 is 5.11 Å². The summed E-state index contributed by atoms with van der Waals surface area (Å²) in [5.41, 5.74) is 1.93. The van der Waals surface area contributed by atoms with Gasteiger partial charge in [-0.15, -0.1) is 0 Å². The van der Waals surface area contributed by atoms with Crippen molar-refractivity contribution in [3.8, 4) is 5.75 Å². The standard InChI is InChI=1S/C13H10BrNO/c14-11-5-1-3-9(7-11)13(15)10-4-2-6-12(16)8-10/h1-8,15-16H. The van der Waals surface area contributed by atoms with Crippen LogP contribution in [0.1, 0.15) is 11.1 Å². The molecule has 80 valence electrons. The molecule has 2 aromatic carbocycles. The summed E-state index contributed by atoms with van der Waals surface area (Å²) in [6, 6.07) is 14.3. The van der Waals surface area contributed by atoms with Gasteiger partial charge in [-0.3, -0.25) is 5.41 Å². The van der Waals surface area contributed by atoms with E-state index >= 15 is 0 Å². The largest absolute Gasteiger partial charge is 0.508 e. The summed E-state index contributed by atoms with van der Waals surface area (Å²) in [7, 11) is 0. The summed E-state index contributed by atoms with van der Waals surface area (Å²) >= 11 is 3.37. The lowest BCUT2D eigenvalue weighted by molar-refractivity contribution is 0.475. The highest BCUT2D eigenvalue weighted by Crippen LogP contribution is 2.17. The zero-order valence-corrected chi connectivity index (χ0v) is 10.0. The van der Waals surface area contributed by atoms with Gasteiger partial charge < -0.3 is 5.11 Å². The number of benzene rings is 2. The van der Waals surface area contributed by atoms with E-state index in [4.69, 9.17) is 5.41 Å². The maximum Gasteiger partial charge on any atom is 0.116 e. The van der Waals surface area contributed by atoms with Crippen molar-refractivity contribution in [2.75, 3.05) is 0 Å². The highest BCUT2D eigenvalue weighted by atomic mass is 79.9. The monoisotopic (exact) mass is 275 g/mol. The molecule has 0 aromatic heterocycles.